The molecule has 2 aliphatic heterocycles. The zero-order chi connectivity index (χ0) is 25.4. The molecule has 6 rings (SSSR count). The second-order valence-corrected chi connectivity index (χ2v) is 9.84. The average Bonchev–Trinajstić information content (AvgIpc) is 3.34. The standard InChI is InChI=1S/C28H28F2N6O/c29-23-6-1-7-24(30)21(23)16-35-12-3-5-20(15-35)32-28(37)36-13-10-26-22(17-36)27(34-33-26)19-8-9-25-18(14-19)4-2-11-31-25/h1-2,4,6-9,11,14,20H,3,5,10,12-13,15-17H2,(H,32,37)(H,33,34)/t20-/m1/s1. The number of benzene rings is 2. The summed E-state index contributed by atoms with van der Waals surface area (Å²) in [6, 6.07) is 13.8. The zero-order valence-electron chi connectivity index (χ0n) is 20.4. The molecule has 0 aliphatic carbocycles. The van der Waals surface area contributed by atoms with Gasteiger partial charge in [0, 0.05) is 66.1 Å². The van der Waals surface area contributed by atoms with Gasteiger partial charge in [-0.25, -0.2) is 13.6 Å². The molecule has 1 fully saturated rings. The monoisotopic (exact) mass is 502 g/mol. The SMILES string of the molecule is O=C(N[C@@H]1CCCN(Cc2c(F)cccc2F)C1)N1CCc2[nH]nc(-c3ccc4ncccc4c3)c2C1. The number of carbonyl (C=O) groups is 1. The van der Waals surface area contributed by atoms with Crippen LogP contribution in [0.4, 0.5) is 13.6 Å². The molecule has 2 aliphatic rings. The molecule has 2 aromatic heterocycles. The van der Waals surface area contributed by atoms with Crippen molar-refractivity contribution in [3.63, 3.8) is 0 Å². The molecule has 2 amide bonds. The second kappa shape index (κ2) is 9.89. The van der Waals surface area contributed by atoms with Crippen LogP contribution in [-0.4, -0.2) is 56.7 Å². The highest BCUT2D eigenvalue weighted by Crippen LogP contribution is 2.30. The van der Waals surface area contributed by atoms with Crippen molar-refractivity contribution in [3.05, 3.63) is 83.2 Å². The van der Waals surface area contributed by atoms with Crippen LogP contribution in [0.25, 0.3) is 22.2 Å². The fourth-order valence-electron chi connectivity index (χ4n) is 5.42. The van der Waals surface area contributed by atoms with E-state index in [1.807, 2.05) is 34.1 Å². The maximum Gasteiger partial charge on any atom is 0.317 e. The number of likely N-dealkylation sites (tertiary alicyclic amines) is 1. The molecule has 0 bridgehead atoms. The Kier molecular flexibility index (Phi) is 6.30. The Hall–Kier alpha value is -3.85. The molecular formula is C28H28F2N6O. The number of aromatic amines is 1. The van der Waals surface area contributed by atoms with Crippen molar-refractivity contribution in [2.24, 2.45) is 0 Å². The summed E-state index contributed by atoms with van der Waals surface area (Å²) in [4.78, 5) is 21.4. The van der Waals surface area contributed by atoms with Crippen LogP contribution in [0.15, 0.2) is 54.7 Å². The Bertz CT molecular complexity index is 1430. The van der Waals surface area contributed by atoms with E-state index in [4.69, 9.17) is 0 Å². The van der Waals surface area contributed by atoms with Crippen LogP contribution in [0.3, 0.4) is 0 Å². The molecule has 2 aromatic carbocycles. The number of fused-ring (bicyclic) bond motifs is 2. The highest BCUT2D eigenvalue weighted by Gasteiger charge is 2.29. The quantitative estimate of drug-likeness (QED) is 0.427. The van der Waals surface area contributed by atoms with Crippen LogP contribution in [0, 0.1) is 11.6 Å². The minimum Gasteiger partial charge on any atom is -0.334 e. The van der Waals surface area contributed by atoms with E-state index in [-0.39, 0.29) is 24.2 Å². The first-order valence-electron chi connectivity index (χ1n) is 12.7. The average molecular weight is 503 g/mol. The van der Waals surface area contributed by atoms with Crippen LogP contribution in [0.2, 0.25) is 0 Å². The number of rotatable bonds is 4. The van der Waals surface area contributed by atoms with Crippen LogP contribution < -0.4 is 5.32 Å². The number of hydrogen-bond acceptors (Lipinski definition) is 4. The molecule has 4 aromatic rings. The van der Waals surface area contributed by atoms with E-state index < -0.39 is 11.6 Å². The molecule has 0 unspecified atom stereocenters. The van der Waals surface area contributed by atoms with E-state index in [1.165, 1.54) is 18.2 Å². The van der Waals surface area contributed by atoms with Gasteiger partial charge < -0.3 is 10.2 Å². The fourth-order valence-corrected chi connectivity index (χ4v) is 5.42. The number of H-pyrrole nitrogens is 1. The number of aromatic nitrogens is 3. The fraction of sp³-hybridized carbons (Fsp3) is 0.321. The third-order valence-electron chi connectivity index (χ3n) is 7.37. The largest absolute Gasteiger partial charge is 0.334 e. The third kappa shape index (κ3) is 4.79. The Labute approximate surface area is 213 Å². The van der Waals surface area contributed by atoms with Crippen LogP contribution in [0.1, 0.15) is 29.7 Å². The molecule has 37 heavy (non-hydrogen) atoms. The topological polar surface area (TPSA) is 77.2 Å². The van der Waals surface area contributed by atoms with Crippen molar-refractivity contribution in [2.45, 2.75) is 38.4 Å². The molecule has 0 saturated carbocycles. The van der Waals surface area contributed by atoms with Gasteiger partial charge in [0.2, 0.25) is 0 Å². The van der Waals surface area contributed by atoms with Crippen molar-refractivity contribution in [2.75, 3.05) is 19.6 Å². The number of pyridine rings is 1. The molecule has 190 valence electrons. The summed E-state index contributed by atoms with van der Waals surface area (Å²) < 4.78 is 28.3. The van der Waals surface area contributed by atoms with Crippen molar-refractivity contribution in [3.8, 4) is 11.3 Å². The van der Waals surface area contributed by atoms with Crippen LogP contribution in [0.5, 0.6) is 0 Å². The molecular weight excluding hydrogens is 474 g/mol. The minimum absolute atomic E-state index is 0.0747. The van der Waals surface area contributed by atoms with Gasteiger partial charge in [-0.3, -0.25) is 15.0 Å². The number of piperidine rings is 1. The van der Waals surface area contributed by atoms with Gasteiger partial charge in [-0.15, -0.1) is 0 Å². The summed E-state index contributed by atoms with van der Waals surface area (Å²) in [7, 11) is 0. The van der Waals surface area contributed by atoms with Crippen LogP contribution in [-0.2, 0) is 19.5 Å². The van der Waals surface area contributed by atoms with Gasteiger partial charge in [0.05, 0.1) is 17.8 Å². The predicted octanol–water partition coefficient (Wildman–Crippen LogP) is 4.64. The van der Waals surface area contributed by atoms with Crippen molar-refractivity contribution in [1.29, 1.82) is 0 Å². The lowest BCUT2D eigenvalue weighted by molar-refractivity contribution is 0.158. The predicted molar refractivity (Wildman–Crippen MR) is 137 cm³/mol. The number of halogens is 2. The molecule has 0 spiro atoms. The van der Waals surface area contributed by atoms with Gasteiger partial charge in [0.25, 0.3) is 0 Å². The molecule has 1 atom stereocenters. The first-order chi connectivity index (χ1) is 18.0. The summed E-state index contributed by atoms with van der Waals surface area (Å²) >= 11 is 0. The molecule has 0 radical (unpaired) electrons. The zero-order valence-corrected chi connectivity index (χ0v) is 20.4. The Morgan fingerprint density at radius 1 is 1.11 bits per heavy atom. The third-order valence-corrected chi connectivity index (χ3v) is 7.37. The number of amides is 2. The lowest BCUT2D eigenvalue weighted by Crippen LogP contribution is -2.52. The minimum atomic E-state index is -0.533. The van der Waals surface area contributed by atoms with Gasteiger partial charge in [-0.1, -0.05) is 18.2 Å². The summed E-state index contributed by atoms with van der Waals surface area (Å²) in [6.45, 7) is 2.55. The normalized spacial score (nSPS) is 18.1. The van der Waals surface area contributed by atoms with E-state index in [0.717, 1.165) is 52.8 Å². The maximum atomic E-state index is 14.1. The first-order valence-corrected chi connectivity index (χ1v) is 12.7. The number of nitrogens with zero attached hydrogens (tertiary/aromatic N) is 4. The second-order valence-electron chi connectivity index (χ2n) is 9.84. The summed E-state index contributed by atoms with van der Waals surface area (Å²) in [5.41, 5.74) is 4.94. The maximum absolute atomic E-state index is 14.1. The smallest absolute Gasteiger partial charge is 0.317 e. The van der Waals surface area contributed by atoms with Gasteiger partial charge in [-0.05, 0) is 49.7 Å². The molecule has 2 N–H and O–H groups in total. The van der Waals surface area contributed by atoms with E-state index >= 15 is 0 Å². The number of carbonyl (C=O) groups excluding carboxylic acids is 1. The van der Waals surface area contributed by atoms with Gasteiger partial charge in [-0.2, -0.15) is 5.10 Å². The Morgan fingerprint density at radius 2 is 1.97 bits per heavy atom. The van der Waals surface area contributed by atoms with Crippen molar-refractivity contribution in [1.82, 2.24) is 30.3 Å². The van der Waals surface area contributed by atoms with Crippen molar-refractivity contribution < 1.29 is 13.6 Å². The van der Waals surface area contributed by atoms with E-state index in [2.05, 4.69) is 26.6 Å². The first kappa shape index (κ1) is 23.5. The van der Waals surface area contributed by atoms with Crippen LogP contribution >= 0.6 is 0 Å². The summed E-state index contributed by atoms with van der Waals surface area (Å²) in [5.74, 6) is -1.07. The lowest BCUT2D eigenvalue weighted by Gasteiger charge is -2.35. The van der Waals surface area contributed by atoms with E-state index in [9.17, 15) is 13.6 Å². The summed E-state index contributed by atoms with van der Waals surface area (Å²) in [6.07, 6.45) is 4.17. The van der Waals surface area contributed by atoms with Gasteiger partial charge in [0.1, 0.15) is 11.6 Å². The molecule has 7 nitrogen and oxygen atoms in total. The van der Waals surface area contributed by atoms with E-state index in [1.54, 1.807) is 6.20 Å². The van der Waals surface area contributed by atoms with Crippen molar-refractivity contribution >= 4 is 16.9 Å². The van der Waals surface area contributed by atoms with Gasteiger partial charge >= 0.3 is 6.03 Å². The number of urea groups is 1. The molecule has 9 heteroatoms. The summed E-state index contributed by atoms with van der Waals surface area (Å²) in [5, 5.41) is 11.9. The Balaban J connectivity index is 1.13. The molecule has 1 saturated heterocycles. The highest BCUT2D eigenvalue weighted by molar-refractivity contribution is 5.84. The lowest BCUT2D eigenvalue weighted by atomic mass is 10.00. The highest BCUT2D eigenvalue weighted by atomic mass is 19.1. The Morgan fingerprint density at radius 3 is 2.84 bits per heavy atom. The van der Waals surface area contributed by atoms with Gasteiger partial charge in [0.15, 0.2) is 0 Å². The molecule has 4 heterocycles. The number of hydrogen-bond donors (Lipinski definition) is 2. The van der Waals surface area contributed by atoms with E-state index in [0.29, 0.717) is 26.1 Å². The number of nitrogens with one attached hydrogen (secondary N) is 2.